The Bertz CT molecular complexity index is 503. The number of nitrogens with zero attached hydrogens (tertiary/aromatic N) is 3. The average molecular weight is 312 g/mol. The Hall–Kier alpha value is -1.07. The van der Waals surface area contributed by atoms with Crippen LogP contribution in [-0.4, -0.2) is 44.4 Å². The summed E-state index contributed by atoms with van der Waals surface area (Å²) in [4.78, 5) is 14.4. The van der Waals surface area contributed by atoms with Gasteiger partial charge >= 0.3 is 0 Å². The second-order valence-electron chi connectivity index (χ2n) is 6.25. The number of likely N-dealkylation sites (tertiary alicyclic amines) is 1. The van der Waals surface area contributed by atoms with E-state index in [9.17, 15) is 9.90 Å². The number of halogens is 1. The molecule has 0 bridgehead atoms. The Morgan fingerprint density at radius 3 is 2.52 bits per heavy atom. The maximum absolute atomic E-state index is 12.6. The molecule has 6 heteroatoms. The molecule has 116 valence electrons. The van der Waals surface area contributed by atoms with Gasteiger partial charge in [0.15, 0.2) is 0 Å². The van der Waals surface area contributed by atoms with Gasteiger partial charge in [-0.05, 0) is 25.7 Å². The standard InChI is InChI=1S/C15H22ClN3O2/c16-12-10-17-19(11-12)13-4-8-18(9-5-13)14(20)15(21)6-2-1-3-7-15/h10-11,13,21H,1-9H2. The summed E-state index contributed by atoms with van der Waals surface area (Å²) in [6, 6.07) is 0.294. The molecule has 0 spiro atoms. The van der Waals surface area contributed by atoms with E-state index >= 15 is 0 Å². The predicted octanol–water partition coefficient (Wildman–Crippen LogP) is 2.40. The van der Waals surface area contributed by atoms with E-state index in [1.165, 1.54) is 0 Å². The van der Waals surface area contributed by atoms with Crippen molar-refractivity contribution < 1.29 is 9.90 Å². The highest BCUT2D eigenvalue weighted by atomic mass is 35.5. The fourth-order valence-corrected chi connectivity index (χ4v) is 3.64. The molecule has 0 aromatic carbocycles. The molecule has 3 rings (SSSR count). The molecule has 21 heavy (non-hydrogen) atoms. The molecule has 1 aromatic heterocycles. The van der Waals surface area contributed by atoms with Gasteiger partial charge in [0.05, 0.1) is 17.3 Å². The SMILES string of the molecule is O=C(N1CCC(n2cc(Cl)cn2)CC1)C1(O)CCCCC1. The van der Waals surface area contributed by atoms with Crippen molar-refractivity contribution >= 4 is 17.5 Å². The summed E-state index contributed by atoms with van der Waals surface area (Å²) < 4.78 is 1.89. The number of carbonyl (C=O) groups excluding carboxylic acids is 1. The maximum Gasteiger partial charge on any atom is 0.254 e. The van der Waals surface area contributed by atoms with E-state index < -0.39 is 5.60 Å². The van der Waals surface area contributed by atoms with Gasteiger partial charge in [-0.25, -0.2) is 0 Å². The van der Waals surface area contributed by atoms with Gasteiger partial charge in [0.2, 0.25) is 0 Å². The largest absolute Gasteiger partial charge is 0.380 e. The third kappa shape index (κ3) is 3.09. The van der Waals surface area contributed by atoms with E-state index in [4.69, 9.17) is 11.6 Å². The first kappa shape index (κ1) is 14.9. The molecule has 1 saturated heterocycles. The van der Waals surface area contributed by atoms with Crippen molar-refractivity contribution in [2.45, 2.75) is 56.6 Å². The van der Waals surface area contributed by atoms with Crippen molar-refractivity contribution in [1.82, 2.24) is 14.7 Å². The molecule has 2 heterocycles. The van der Waals surface area contributed by atoms with Gasteiger partial charge in [-0.15, -0.1) is 0 Å². The summed E-state index contributed by atoms with van der Waals surface area (Å²) in [5.74, 6) is -0.0702. The van der Waals surface area contributed by atoms with E-state index in [1.807, 2.05) is 15.8 Å². The topological polar surface area (TPSA) is 58.4 Å². The number of aliphatic hydroxyl groups is 1. The molecule has 2 aliphatic rings. The van der Waals surface area contributed by atoms with Crippen LogP contribution in [0.2, 0.25) is 5.02 Å². The van der Waals surface area contributed by atoms with Crippen molar-refractivity contribution in [1.29, 1.82) is 0 Å². The minimum atomic E-state index is -1.11. The van der Waals surface area contributed by atoms with E-state index in [2.05, 4.69) is 5.10 Å². The molecule has 0 atom stereocenters. The van der Waals surface area contributed by atoms with Gasteiger partial charge in [0.1, 0.15) is 5.60 Å². The Balaban J connectivity index is 1.59. The molecular weight excluding hydrogens is 290 g/mol. The Labute approximate surface area is 129 Å². The van der Waals surface area contributed by atoms with Crippen LogP contribution >= 0.6 is 11.6 Å². The van der Waals surface area contributed by atoms with Gasteiger partial charge in [0.25, 0.3) is 5.91 Å². The van der Waals surface area contributed by atoms with Gasteiger partial charge in [-0.3, -0.25) is 9.48 Å². The fourth-order valence-electron chi connectivity index (χ4n) is 3.49. The summed E-state index contributed by atoms with van der Waals surface area (Å²) in [6.45, 7) is 1.37. The van der Waals surface area contributed by atoms with Crippen molar-refractivity contribution in [2.24, 2.45) is 0 Å². The number of hydrogen-bond acceptors (Lipinski definition) is 3. The van der Waals surface area contributed by atoms with Crippen molar-refractivity contribution in [3.8, 4) is 0 Å². The highest BCUT2D eigenvalue weighted by Crippen LogP contribution is 2.32. The van der Waals surface area contributed by atoms with Crippen molar-refractivity contribution in [2.75, 3.05) is 13.1 Å². The van der Waals surface area contributed by atoms with Gasteiger partial charge in [0, 0.05) is 19.3 Å². The van der Waals surface area contributed by atoms with Gasteiger partial charge < -0.3 is 10.0 Å². The van der Waals surface area contributed by atoms with E-state index in [0.717, 1.165) is 32.1 Å². The maximum atomic E-state index is 12.6. The molecule has 1 aliphatic carbocycles. The number of hydrogen-bond donors (Lipinski definition) is 1. The zero-order valence-corrected chi connectivity index (χ0v) is 12.9. The number of amides is 1. The number of piperidine rings is 1. The molecule has 1 saturated carbocycles. The van der Waals surface area contributed by atoms with Crippen LogP contribution in [0.3, 0.4) is 0 Å². The normalized spacial score (nSPS) is 23.2. The van der Waals surface area contributed by atoms with Crippen LogP contribution in [0, 0.1) is 0 Å². The Kier molecular flexibility index (Phi) is 4.22. The minimum absolute atomic E-state index is 0.0702. The lowest BCUT2D eigenvalue weighted by atomic mass is 9.83. The molecule has 0 unspecified atom stereocenters. The van der Waals surface area contributed by atoms with Crippen LogP contribution in [0.15, 0.2) is 12.4 Å². The first-order valence-corrected chi connectivity index (χ1v) is 8.18. The van der Waals surface area contributed by atoms with Crippen LogP contribution in [0.4, 0.5) is 0 Å². The lowest BCUT2D eigenvalue weighted by molar-refractivity contribution is -0.156. The summed E-state index contributed by atoms with van der Waals surface area (Å²) >= 11 is 5.90. The van der Waals surface area contributed by atoms with Crippen molar-refractivity contribution in [3.63, 3.8) is 0 Å². The van der Waals surface area contributed by atoms with E-state index in [1.54, 1.807) is 6.20 Å². The number of aromatic nitrogens is 2. The second kappa shape index (κ2) is 5.97. The van der Waals surface area contributed by atoms with Crippen LogP contribution < -0.4 is 0 Å². The summed E-state index contributed by atoms with van der Waals surface area (Å²) in [7, 11) is 0. The van der Waals surface area contributed by atoms with Crippen molar-refractivity contribution in [3.05, 3.63) is 17.4 Å². The summed E-state index contributed by atoms with van der Waals surface area (Å²) in [5, 5.41) is 15.4. The molecule has 1 N–H and O–H groups in total. The summed E-state index contributed by atoms with van der Waals surface area (Å²) in [6.07, 6.45) is 9.44. The molecule has 1 aromatic rings. The second-order valence-corrected chi connectivity index (χ2v) is 6.69. The molecular formula is C15H22ClN3O2. The molecule has 5 nitrogen and oxygen atoms in total. The first-order chi connectivity index (χ1) is 10.1. The van der Waals surface area contributed by atoms with Crippen LogP contribution in [0.5, 0.6) is 0 Å². The van der Waals surface area contributed by atoms with Crippen LogP contribution in [0.25, 0.3) is 0 Å². The van der Waals surface area contributed by atoms with E-state index in [0.29, 0.717) is 37.0 Å². The Morgan fingerprint density at radius 2 is 1.95 bits per heavy atom. The molecule has 1 amide bonds. The summed E-state index contributed by atoms with van der Waals surface area (Å²) in [5.41, 5.74) is -1.11. The Morgan fingerprint density at radius 1 is 1.29 bits per heavy atom. The zero-order valence-electron chi connectivity index (χ0n) is 12.2. The number of rotatable bonds is 2. The van der Waals surface area contributed by atoms with E-state index in [-0.39, 0.29) is 5.91 Å². The lowest BCUT2D eigenvalue weighted by Gasteiger charge is -2.39. The highest BCUT2D eigenvalue weighted by molar-refractivity contribution is 6.30. The van der Waals surface area contributed by atoms with Crippen LogP contribution in [0.1, 0.15) is 51.0 Å². The third-order valence-corrected chi connectivity index (χ3v) is 4.97. The monoisotopic (exact) mass is 311 g/mol. The fraction of sp³-hybridized carbons (Fsp3) is 0.733. The highest BCUT2D eigenvalue weighted by Gasteiger charge is 2.41. The smallest absolute Gasteiger partial charge is 0.254 e. The number of carbonyl (C=O) groups is 1. The predicted molar refractivity (Wildman–Crippen MR) is 80.1 cm³/mol. The minimum Gasteiger partial charge on any atom is -0.380 e. The third-order valence-electron chi connectivity index (χ3n) is 4.77. The first-order valence-electron chi connectivity index (χ1n) is 7.80. The van der Waals surface area contributed by atoms with Gasteiger partial charge in [-0.2, -0.15) is 5.10 Å². The molecule has 2 fully saturated rings. The molecule has 1 aliphatic heterocycles. The zero-order chi connectivity index (χ0) is 14.9. The van der Waals surface area contributed by atoms with Crippen LogP contribution in [-0.2, 0) is 4.79 Å². The quantitative estimate of drug-likeness (QED) is 0.912. The average Bonchev–Trinajstić information content (AvgIpc) is 2.94. The van der Waals surface area contributed by atoms with Gasteiger partial charge in [-0.1, -0.05) is 30.9 Å². The molecule has 0 radical (unpaired) electrons. The lowest BCUT2D eigenvalue weighted by Crippen LogP contribution is -2.52.